The van der Waals surface area contributed by atoms with Gasteiger partial charge in [-0.05, 0) is 57.0 Å². The van der Waals surface area contributed by atoms with Gasteiger partial charge in [-0.1, -0.05) is 72.6 Å². The number of anilines is 1. The van der Waals surface area contributed by atoms with Gasteiger partial charge in [-0.3, -0.25) is 13.9 Å². The van der Waals surface area contributed by atoms with Gasteiger partial charge in [0.2, 0.25) is 11.8 Å². The molecule has 8 heteroatoms. The van der Waals surface area contributed by atoms with Crippen LogP contribution < -0.4 is 9.62 Å². The van der Waals surface area contributed by atoms with Crippen molar-refractivity contribution in [3.05, 3.63) is 95.6 Å². The lowest BCUT2D eigenvalue weighted by molar-refractivity contribution is -0.140. The minimum absolute atomic E-state index is 0.0874. The zero-order valence-corrected chi connectivity index (χ0v) is 22.7. The first kappa shape index (κ1) is 27.9. The summed E-state index contributed by atoms with van der Waals surface area (Å²) in [6.07, 6.45) is 0.388. The molecule has 0 unspecified atom stereocenters. The first-order valence-electron chi connectivity index (χ1n) is 12.4. The standard InChI is InChI=1S/C29H35N3O4S/c1-5-27(29(34)30-6-2)31(20-24-12-10-11-23(4)19-24)28(33)21-32(25-17-15-22(3)16-18-25)37(35,36)26-13-8-7-9-14-26/h7-19,27H,5-6,20-21H2,1-4H3,(H,30,34)/t27-/m0/s1. The quantitative estimate of drug-likeness (QED) is 0.404. The summed E-state index contributed by atoms with van der Waals surface area (Å²) in [6.45, 7) is 7.71. The number of likely N-dealkylation sites (N-methyl/N-ethyl adjacent to an activating group) is 1. The van der Waals surface area contributed by atoms with E-state index in [9.17, 15) is 18.0 Å². The topological polar surface area (TPSA) is 86.8 Å². The van der Waals surface area contributed by atoms with Gasteiger partial charge in [0.1, 0.15) is 12.6 Å². The summed E-state index contributed by atoms with van der Waals surface area (Å²) in [4.78, 5) is 28.4. The van der Waals surface area contributed by atoms with E-state index in [1.165, 1.54) is 17.0 Å². The van der Waals surface area contributed by atoms with Crippen LogP contribution in [0.2, 0.25) is 0 Å². The lowest BCUT2D eigenvalue weighted by Crippen LogP contribution is -2.52. The summed E-state index contributed by atoms with van der Waals surface area (Å²) < 4.78 is 28.6. The van der Waals surface area contributed by atoms with Gasteiger partial charge in [0.25, 0.3) is 10.0 Å². The fraction of sp³-hybridized carbons (Fsp3) is 0.310. The van der Waals surface area contributed by atoms with E-state index in [1.54, 1.807) is 42.5 Å². The molecule has 0 saturated heterocycles. The third kappa shape index (κ3) is 6.98. The molecular weight excluding hydrogens is 486 g/mol. The first-order valence-corrected chi connectivity index (χ1v) is 13.9. The zero-order valence-electron chi connectivity index (χ0n) is 21.8. The van der Waals surface area contributed by atoms with E-state index >= 15 is 0 Å². The summed E-state index contributed by atoms with van der Waals surface area (Å²) in [6, 6.07) is 22.0. The number of aryl methyl sites for hydroxylation is 2. The number of amides is 2. The van der Waals surface area contributed by atoms with Crippen LogP contribution in [0.15, 0.2) is 83.8 Å². The van der Waals surface area contributed by atoms with E-state index in [-0.39, 0.29) is 17.3 Å². The third-order valence-electron chi connectivity index (χ3n) is 6.10. The molecule has 37 heavy (non-hydrogen) atoms. The van der Waals surface area contributed by atoms with Crippen LogP contribution >= 0.6 is 0 Å². The Labute approximate surface area is 220 Å². The van der Waals surface area contributed by atoms with Crippen molar-refractivity contribution in [1.29, 1.82) is 0 Å². The summed E-state index contributed by atoms with van der Waals surface area (Å²) in [5.74, 6) is -0.724. The van der Waals surface area contributed by atoms with E-state index in [0.29, 0.717) is 18.7 Å². The van der Waals surface area contributed by atoms with E-state index in [1.807, 2.05) is 52.0 Å². The lowest BCUT2D eigenvalue weighted by atomic mass is 10.1. The molecule has 0 aliphatic carbocycles. The highest BCUT2D eigenvalue weighted by atomic mass is 32.2. The molecule has 1 N–H and O–H groups in total. The van der Waals surface area contributed by atoms with Gasteiger partial charge < -0.3 is 10.2 Å². The molecule has 3 aromatic rings. The number of sulfonamides is 1. The van der Waals surface area contributed by atoms with Gasteiger partial charge in [0.05, 0.1) is 10.6 Å². The Morgan fingerprint density at radius 3 is 2.14 bits per heavy atom. The minimum Gasteiger partial charge on any atom is -0.355 e. The van der Waals surface area contributed by atoms with Crippen molar-refractivity contribution < 1.29 is 18.0 Å². The number of carbonyl (C=O) groups excluding carboxylic acids is 2. The monoisotopic (exact) mass is 521 g/mol. The normalized spacial score (nSPS) is 12.0. The third-order valence-corrected chi connectivity index (χ3v) is 7.89. The highest BCUT2D eigenvalue weighted by Crippen LogP contribution is 2.25. The summed E-state index contributed by atoms with van der Waals surface area (Å²) >= 11 is 0. The Morgan fingerprint density at radius 2 is 1.54 bits per heavy atom. The molecule has 0 saturated carbocycles. The molecule has 0 fully saturated rings. The molecule has 1 atom stereocenters. The van der Waals surface area contributed by atoms with Crippen molar-refractivity contribution in [3.8, 4) is 0 Å². The Bertz CT molecular complexity index is 1310. The number of nitrogens with one attached hydrogen (secondary N) is 1. The second kappa shape index (κ2) is 12.5. The molecule has 2 amide bonds. The largest absolute Gasteiger partial charge is 0.355 e. The molecule has 7 nitrogen and oxygen atoms in total. The number of hydrogen-bond donors (Lipinski definition) is 1. The predicted octanol–water partition coefficient (Wildman–Crippen LogP) is 4.44. The van der Waals surface area contributed by atoms with Gasteiger partial charge >= 0.3 is 0 Å². The average molecular weight is 522 g/mol. The van der Waals surface area contributed by atoms with Crippen LogP contribution in [0.5, 0.6) is 0 Å². The fourth-order valence-corrected chi connectivity index (χ4v) is 5.61. The molecule has 0 radical (unpaired) electrons. The van der Waals surface area contributed by atoms with Gasteiger partial charge in [0, 0.05) is 13.1 Å². The molecule has 0 heterocycles. The molecule has 0 bridgehead atoms. The van der Waals surface area contributed by atoms with Crippen molar-refractivity contribution >= 4 is 27.5 Å². The minimum atomic E-state index is -4.05. The Balaban J connectivity index is 2.04. The second-order valence-electron chi connectivity index (χ2n) is 8.99. The second-order valence-corrected chi connectivity index (χ2v) is 10.9. The van der Waals surface area contributed by atoms with Crippen LogP contribution in [0.1, 0.15) is 37.0 Å². The summed E-state index contributed by atoms with van der Waals surface area (Å²) in [5.41, 5.74) is 3.24. The smallest absolute Gasteiger partial charge is 0.264 e. The van der Waals surface area contributed by atoms with Crippen LogP contribution in [0.3, 0.4) is 0 Å². The molecule has 3 aromatic carbocycles. The molecule has 0 aliphatic rings. The van der Waals surface area contributed by atoms with Gasteiger partial charge in [-0.25, -0.2) is 8.42 Å². The number of carbonyl (C=O) groups is 2. The molecule has 196 valence electrons. The maximum absolute atomic E-state index is 13.9. The van der Waals surface area contributed by atoms with Crippen molar-refractivity contribution in [2.75, 3.05) is 17.4 Å². The molecule has 0 aliphatic heterocycles. The Kier molecular flexibility index (Phi) is 9.47. The molecule has 0 spiro atoms. The Morgan fingerprint density at radius 1 is 0.865 bits per heavy atom. The average Bonchev–Trinajstić information content (AvgIpc) is 2.88. The van der Waals surface area contributed by atoms with Crippen molar-refractivity contribution in [3.63, 3.8) is 0 Å². The number of nitrogens with zero attached hydrogens (tertiary/aromatic N) is 2. The van der Waals surface area contributed by atoms with Crippen LogP contribution in [0, 0.1) is 13.8 Å². The van der Waals surface area contributed by atoms with E-state index in [4.69, 9.17) is 0 Å². The number of benzene rings is 3. The van der Waals surface area contributed by atoms with E-state index < -0.39 is 28.5 Å². The summed E-state index contributed by atoms with van der Waals surface area (Å²) in [5, 5.41) is 2.81. The summed E-state index contributed by atoms with van der Waals surface area (Å²) in [7, 11) is -4.05. The van der Waals surface area contributed by atoms with Crippen LogP contribution in [-0.4, -0.2) is 44.3 Å². The van der Waals surface area contributed by atoms with E-state index in [0.717, 1.165) is 21.0 Å². The van der Waals surface area contributed by atoms with Gasteiger partial charge in [-0.15, -0.1) is 0 Å². The number of rotatable bonds is 11. The van der Waals surface area contributed by atoms with Crippen LogP contribution in [-0.2, 0) is 26.2 Å². The lowest BCUT2D eigenvalue weighted by Gasteiger charge is -2.33. The predicted molar refractivity (Wildman–Crippen MR) is 147 cm³/mol. The fourth-order valence-electron chi connectivity index (χ4n) is 4.18. The zero-order chi connectivity index (χ0) is 27.0. The molecule has 3 rings (SSSR count). The highest BCUT2D eigenvalue weighted by Gasteiger charge is 2.33. The highest BCUT2D eigenvalue weighted by molar-refractivity contribution is 7.92. The van der Waals surface area contributed by atoms with Crippen molar-refractivity contribution in [2.24, 2.45) is 0 Å². The molecule has 0 aromatic heterocycles. The maximum atomic E-state index is 13.9. The van der Waals surface area contributed by atoms with Crippen LogP contribution in [0.4, 0.5) is 5.69 Å². The maximum Gasteiger partial charge on any atom is 0.264 e. The SMILES string of the molecule is CCNC(=O)[C@H](CC)N(Cc1cccc(C)c1)C(=O)CN(c1ccc(C)cc1)S(=O)(=O)c1ccccc1. The van der Waals surface area contributed by atoms with E-state index in [2.05, 4.69) is 5.32 Å². The molecular formula is C29H35N3O4S. The first-order chi connectivity index (χ1) is 17.7. The van der Waals surface area contributed by atoms with Gasteiger partial charge in [0.15, 0.2) is 0 Å². The van der Waals surface area contributed by atoms with Crippen LogP contribution in [0.25, 0.3) is 0 Å². The van der Waals surface area contributed by atoms with Gasteiger partial charge in [-0.2, -0.15) is 0 Å². The van der Waals surface area contributed by atoms with Crippen molar-refractivity contribution in [1.82, 2.24) is 10.2 Å². The number of hydrogen-bond acceptors (Lipinski definition) is 4. The van der Waals surface area contributed by atoms with Crippen molar-refractivity contribution in [2.45, 2.75) is 51.6 Å². The Hall–Kier alpha value is -3.65.